The van der Waals surface area contributed by atoms with Crippen molar-refractivity contribution in [3.63, 3.8) is 0 Å². The van der Waals surface area contributed by atoms with E-state index in [0.29, 0.717) is 25.4 Å². The lowest BCUT2D eigenvalue weighted by Crippen LogP contribution is -2.30. The largest absolute Gasteiger partial charge is 0.494 e. The zero-order chi connectivity index (χ0) is 21.6. The summed E-state index contributed by atoms with van der Waals surface area (Å²) in [6.07, 6.45) is 3.15. The summed E-state index contributed by atoms with van der Waals surface area (Å²) in [5, 5.41) is 0. The van der Waals surface area contributed by atoms with E-state index >= 15 is 0 Å². The second kappa shape index (κ2) is 9.86. The molecule has 4 rings (SSSR count). The molecule has 2 aliphatic heterocycles. The minimum absolute atomic E-state index is 0.0187. The van der Waals surface area contributed by atoms with Gasteiger partial charge in [-0.3, -0.25) is 9.59 Å². The topological polar surface area (TPSA) is 65.1 Å². The van der Waals surface area contributed by atoms with Crippen molar-refractivity contribution in [2.45, 2.75) is 45.1 Å². The van der Waals surface area contributed by atoms with Crippen LogP contribution in [0.2, 0.25) is 0 Å². The van der Waals surface area contributed by atoms with Crippen molar-refractivity contribution in [3.05, 3.63) is 53.6 Å². The van der Waals surface area contributed by atoms with Gasteiger partial charge in [0.1, 0.15) is 5.75 Å². The summed E-state index contributed by atoms with van der Waals surface area (Å²) in [7, 11) is 0. The number of ketones is 1. The quantitative estimate of drug-likeness (QED) is 0.610. The van der Waals surface area contributed by atoms with Gasteiger partial charge in [0, 0.05) is 31.4 Å². The van der Waals surface area contributed by atoms with Crippen LogP contribution in [-0.4, -0.2) is 43.0 Å². The molecule has 0 aromatic heterocycles. The molecule has 2 heterocycles. The molecule has 0 bridgehead atoms. The lowest BCUT2D eigenvalue weighted by Gasteiger charge is -2.25. The third-order valence-corrected chi connectivity index (χ3v) is 5.78. The number of hydrogen-bond acceptors (Lipinski definition) is 5. The van der Waals surface area contributed by atoms with Crippen molar-refractivity contribution in [3.8, 4) is 17.2 Å². The van der Waals surface area contributed by atoms with E-state index in [9.17, 15) is 9.59 Å². The molecule has 0 aliphatic carbocycles. The van der Waals surface area contributed by atoms with Gasteiger partial charge in [-0.2, -0.15) is 0 Å². The number of rotatable bonds is 7. The molecular formula is C25H29NO5. The number of carbonyl (C=O) groups excluding carboxylic acids is 2. The molecule has 6 nitrogen and oxygen atoms in total. The molecule has 6 heteroatoms. The van der Waals surface area contributed by atoms with Crippen LogP contribution in [-0.2, 0) is 4.79 Å². The van der Waals surface area contributed by atoms with Crippen LogP contribution in [0.3, 0.4) is 0 Å². The van der Waals surface area contributed by atoms with Crippen LogP contribution in [0.5, 0.6) is 17.2 Å². The molecule has 0 N–H and O–H groups in total. The lowest BCUT2D eigenvalue weighted by atomic mass is 10.0. The average Bonchev–Trinajstić information content (AvgIpc) is 3.17. The van der Waals surface area contributed by atoms with Gasteiger partial charge in [-0.25, -0.2) is 0 Å². The zero-order valence-electron chi connectivity index (χ0n) is 18.0. The Morgan fingerprint density at radius 2 is 1.77 bits per heavy atom. The molecule has 1 amide bonds. The highest BCUT2D eigenvalue weighted by molar-refractivity contribution is 5.98. The summed E-state index contributed by atoms with van der Waals surface area (Å²) in [5.41, 5.74) is 1.67. The molecular weight excluding hydrogens is 394 g/mol. The van der Waals surface area contributed by atoms with Gasteiger partial charge in [0.25, 0.3) is 0 Å². The monoisotopic (exact) mass is 423 g/mol. The van der Waals surface area contributed by atoms with E-state index in [-0.39, 0.29) is 30.6 Å². The fourth-order valence-corrected chi connectivity index (χ4v) is 4.21. The van der Waals surface area contributed by atoms with Crippen molar-refractivity contribution < 1.29 is 23.8 Å². The Morgan fingerprint density at radius 1 is 1.00 bits per heavy atom. The van der Waals surface area contributed by atoms with E-state index < -0.39 is 0 Å². The molecule has 1 saturated heterocycles. The first-order valence-corrected chi connectivity index (χ1v) is 11.1. The molecule has 2 aliphatic rings. The minimum Gasteiger partial charge on any atom is -0.494 e. The maximum atomic E-state index is 12.9. The van der Waals surface area contributed by atoms with Gasteiger partial charge in [0.2, 0.25) is 5.91 Å². The van der Waals surface area contributed by atoms with E-state index in [1.165, 1.54) is 0 Å². The van der Waals surface area contributed by atoms with Crippen LogP contribution in [0, 0.1) is 0 Å². The number of amides is 1. The highest BCUT2D eigenvalue weighted by Gasteiger charge is 2.30. The number of carbonyl (C=O) groups is 2. The summed E-state index contributed by atoms with van der Waals surface area (Å²) in [5.74, 6) is 2.25. The fraction of sp³-hybridized carbons (Fsp3) is 0.440. The molecule has 0 spiro atoms. The first kappa shape index (κ1) is 21.2. The Hall–Kier alpha value is -3.02. The van der Waals surface area contributed by atoms with Gasteiger partial charge in [0.15, 0.2) is 17.3 Å². The Labute approximate surface area is 183 Å². The highest BCUT2D eigenvalue weighted by atomic mass is 16.5. The predicted molar refractivity (Wildman–Crippen MR) is 117 cm³/mol. The molecule has 2 aromatic carbocycles. The van der Waals surface area contributed by atoms with Crippen molar-refractivity contribution in [2.75, 3.05) is 26.4 Å². The molecule has 0 saturated carbocycles. The Morgan fingerprint density at radius 3 is 2.55 bits per heavy atom. The Bertz CT molecular complexity index is 924. The Balaban J connectivity index is 1.38. The van der Waals surface area contributed by atoms with Gasteiger partial charge in [-0.1, -0.05) is 6.07 Å². The molecule has 164 valence electrons. The minimum atomic E-state index is -0.0253. The summed E-state index contributed by atoms with van der Waals surface area (Å²) in [4.78, 5) is 27.4. The Kier molecular flexibility index (Phi) is 6.75. The summed E-state index contributed by atoms with van der Waals surface area (Å²) in [6, 6.07) is 13.1. The standard InChI is InChI=1S/C25H29NO5/c1-2-29-20-9-6-18(7-10-20)22(27)11-13-25(28)26-14-3-5-21(26)19-8-12-23-24(17-19)31-16-4-15-30-23/h6-10,12,17,21H,2-5,11,13-16H2,1H3/t21-/m0/s1. The van der Waals surface area contributed by atoms with E-state index in [0.717, 1.165) is 48.6 Å². The summed E-state index contributed by atoms with van der Waals surface area (Å²) >= 11 is 0. The lowest BCUT2D eigenvalue weighted by molar-refractivity contribution is -0.132. The van der Waals surface area contributed by atoms with Crippen molar-refractivity contribution in [2.24, 2.45) is 0 Å². The number of ether oxygens (including phenoxy) is 3. The first-order chi connectivity index (χ1) is 15.2. The van der Waals surface area contributed by atoms with E-state index in [1.807, 2.05) is 30.0 Å². The van der Waals surface area contributed by atoms with Crippen LogP contribution in [0.4, 0.5) is 0 Å². The highest BCUT2D eigenvalue weighted by Crippen LogP contribution is 2.38. The second-order valence-corrected chi connectivity index (χ2v) is 7.88. The fourth-order valence-electron chi connectivity index (χ4n) is 4.21. The SMILES string of the molecule is CCOc1ccc(C(=O)CCC(=O)N2CCC[C@H]2c2ccc3c(c2)OCCCO3)cc1. The van der Waals surface area contributed by atoms with Gasteiger partial charge in [0.05, 0.1) is 25.9 Å². The maximum Gasteiger partial charge on any atom is 0.223 e. The summed E-state index contributed by atoms with van der Waals surface area (Å²) < 4.78 is 16.9. The molecule has 31 heavy (non-hydrogen) atoms. The second-order valence-electron chi connectivity index (χ2n) is 7.88. The van der Waals surface area contributed by atoms with Gasteiger partial charge < -0.3 is 19.1 Å². The van der Waals surface area contributed by atoms with Crippen molar-refractivity contribution in [1.29, 1.82) is 0 Å². The number of likely N-dealkylation sites (tertiary alicyclic amines) is 1. The van der Waals surface area contributed by atoms with Crippen LogP contribution in [0.15, 0.2) is 42.5 Å². The molecule has 0 radical (unpaired) electrons. The zero-order valence-corrected chi connectivity index (χ0v) is 18.0. The van der Waals surface area contributed by atoms with Crippen molar-refractivity contribution in [1.82, 2.24) is 4.90 Å². The number of fused-ring (bicyclic) bond motifs is 1. The maximum absolute atomic E-state index is 12.9. The molecule has 1 fully saturated rings. The van der Waals surface area contributed by atoms with Crippen LogP contribution in [0.1, 0.15) is 61.0 Å². The normalized spacial score (nSPS) is 17.8. The molecule has 1 atom stereocenters. The number of Topliss-reactive ketones (excluding diaryl/α,β-unsaturated/α-hetero) is 1. The smallest absolute Gasteiger partial charge is 0.223 e. The van der Waals surface area contributed by atoms with Gasteiger partial charge in [-0.15, -0.1) is 0 Å². The van der Waals surface area contributed by atoms with E-state index in [2.05, 4.69) is 0 Å². The van der Waals surface area contributed by atoms with Crippen molar-refractivity contribution >= 4 is 11.7 Å². The number of nitrogens with zero attached hydrogens (tertiary/aromatic N) is 1. The third kappa shape index (κ3) is 5.01. The molecule has 2 aromatic rings. The van der Waals surface area contributed by atoms with Crippen LogP contribution >= 0.6 is 0 Å². The van der Waals surface area contributed by atoms with E-state index in [4.69, 9.17) is 14.2 Å². The average molecular weight is 424 g/mol. The first-order valence-electron chi connectivity index (χ1n) is 11.1. The third-order valence-electron chi connectivity index (χ3n) is 5.78. The van der Waals surface area contributed by atoms with Gasteiger partial charge in [-0.05, 0) is 61.7 Å². The van der Waals surface area contributed by atoms with Crippen LogP contribution < -0.4 is 14.2 Å². The molecule has 0 unspecified atom stereocenters. The van der Waals surface area contributed by atoms with Crippen LogP contribution in [0.25, 0.3) is 0 Å². The summed E-state index contributed by atoms with van der Waals surface area (Å²) in [6.45, 7) is 4.51. The van der Waals surface area contributed by atoms with Gasteiger partial charge >= 0.3 is 0 Å². The number of hydrogen-bond donors (Lipinski definition) is 0. The van der Waals surface area contributed by atoms with E-state index in [1.54, 1.807) is 24.3 Å². The predicted octanol–water partition coefficient (Wildman–Crippen LogP) is 4.57. The number of benzene rings is 2.